The Labute approximate surface area is 121 Å². The number of carboxylic acid groups (broad SMARTS) is 3. The zero-order valence-electron chi connectivity index (χ0n) is 10.9. The van der Waals surface area contributed by atoms with Crippen LogP contribution in [0.3, 0.4) is 0 Å². The fourth-order valence-corrected chi connectivity index (χ4v) is 1.78. The lowest BCUT2D eigenvalue weighted by atomic mass is 10.1. The highest BCUT2D eigenvalue weighted by Crippen LogP contribution is 2.33. The number of carbonyl (C=O) groups excluding carboxylic acids is 1. The summed E-state index contributed by atoms with van der Waals surface area (Å²) in [6.45, 7) is 1.13. The fraction of sp³-hybridized carbons (Fsp3) is 0.0769. The van der Waals surface area contributed by atoms with Gasteiger partial charge in [0, 0.05) is 24.1 Å². The molecule has 0 spiro atoms. The highest BCUT2D eigenvalue weighted by Gasteiger charge is 2.28. The molecule has 2 heterocycles. The van der Waals surface area contributed by atoms with E-state index in [1.165, 1.54) is 0 Å². The van der Waals surface area contributed by atoms with E-state index in [1.807, 2.05) is 0 Å². The van der Waals surface area contributed by atoms with Crippen LogP contribution in [0.15, 0.2) is 21.0 Å². The third kappa shape index (κ3) is 2.46. The van der Waals surface area contributed by atoms with Crippen molar-refractivity contribution in [2.75, 3.05) is 0 Å². The zero-order chi connectivity index (χ0) is 16.6. The van der Waals surface area contributed by atoms with Crippen molar-refractivity contribution in [3.05, 3.63) is 35.2 Å². The molecule has 0 aliphatic carbocycles. The zero-order valence-corrected chi connectivity index (χ0v) is 10.9. The molecule has 0 bridgehead atoms. The van der Waals surface area contributed by atoms with Crippen molar-refractivity contribution >= 4 is 23.7 Å². The molecule has 0 fully saturated rings. The van der Waals surface area contributed by atoms with Crippen molar-refractivity contribution < 1.29 is 43.3 Å². The minimum atomic E-state index is -1.59. The number of rotatable bonds is 5. The van der Waals surface area contributed by atoms with E-state index in [-0.39, 0.29) is 16.9 Å². The van der Waals surface area contributed by atoms with Gasteiger partial charge in [0.25, 0.3) is 0 Å². The van der Waals surface area contributed by atoms with Crippen LogP contribution in [0, 0.1) is 0 Å². The van der Waals surface area contributed by atoms with Gasteiger partial charge in [-0.05, 0) is 6.07 Å². The summed E-state index contributed by atoms with van der Waals surface area (Å²) >= 11 is 0. The Balaban J connectivity index is 2.75. The quantitative estimate of drug-likeness (QED) is 0.701. The summed E-state index contributed by atoms with van der Waals surface area (Å²) in [5, 5.41) is 26.9. The summed E-state index contributed by atoms with van der Waals surface area (Å²) in [7, 11) is 0. The maximum absolute atomic E-state index is 11.3. The number of hydrogen-bond donors (Lipinski definition) is 3. The molecule has 0 aromatic carbocycles. The lowest BCUT2D eigenvalue weighted by molar-refractivity contribution is 0.0624. The predicted octanol–water partition coefficient (Wildman–Crippen LogP) is 1.84. The smallest absolute Gasteiger partial charge is 0.372 e. The van der Waals surface area contributed by atoms with Gasteiger partial charge in [0.2, 0.25) is 17.3 Å². The fourth-order valence-electron chi connectivity index (χ4n) is 1.78. The SMILES string of the molecule is CC(=O)c1cc(-c2cc(C(=O)O)oc2C(=O)O)c(C(=O)O)o1. The Hall–Kier alpha value is -3.36. The Morgan fingerprint density at radius 3 is 1.55 bits per heavy atom. The molecule has 9 heteroatoms. The molecule has 114 valence electrons. The monoisotopic (exact) mass is 308 g/mol. The van der Waals surface area contributed by atoms with Gasteiger partial charge < -0.3 is 24.2 Å². The minimum Gasteiger partial charge on any atom is -0.475 e. The van der Waals surface area contributed by atoms with Crippen LogP contribution >= 0.6 is 0 Å². The first-order valence-corrected chi connectivity index (χ1v) is 5.71. The number of carbonyl (C=O) groups is 4. The molecule has 0 unspecified atom stereocenters. The van der Waals surface area contributed by atoms with Gasteiger partial charge in [0.15, 0.2) is 11.5 Å². The third-order valence-corrected chi connectivity index (χ3v) is 2.70. The molecule has 0 aliphatic heterocycles. The molecule has 0 atom stereocenters. The number of Topliss-reactive ketones (excluding diaryl/α,β-unsaturated/α-hetero) is 1. The van der Waals surface area contributed by atoms with Crippen molar-refractivity contribution in [3.8, 4) is 11.1 Å². The molecule has 0 amide bonds. The van der Waals surface area contributed by atoms with Crippen LogP contribution < -0.4 is 0 Å². The molecule has 0 aliphatic rings. The summed E-state index contributed by atoms with van der Waals surface area (Å²) in [6.07, 6.45) is 0. The van der Waals surface area contributed by atoms with Gasteiger partial charge in [0.05, 0.1) is 0 Å². The molecular weight excluding hydrogens is 300 g/mol. The third-order valence-electron chi connectivity index (χ3n) is 2.70. The second kappa shape index (κ2) is 5.20. The summed E-state index contributed by atoms with van der Waals surface area (Å²) in [4.78, 5) is 44.4. The standard InChI is InChI=1S/C13H8O9/c1-4(14)7-2-5(9(21-7)12(17)18)6-3-8(11(15)16)22-10(6)13(19)20/h2-3H,1H3,(H,15,16)(H,17,18)(H,19,20). The highest BCUT2D eigenvalue weighted by molar-refractivity contribution is 6.03. The highest BCUT2D eigenvalue weighted by atomic mass is 16.4. The number of aromatic carboxylic acids is 3. The Bertz CT molecular complexity index is 737. The molecular formula is C13H8O9. The van der Waals surface area contributed by atoms with Crippen LogP contribution in [-0.2, 0) is 0 Å². The van der Waals surface area contributed by atoms with E-state index >= 15 is 0 Å². The van der Waals surface area contributed by atoms with Gasteiger partial charge in [-0.2, -0.15) is 0 Å². The molecule has 2 aromatic rings. The Morgan fingerprint density at radius 1 is 0.773 bits per heavy atom. The summed E-state index contributed by atoms with van der Waals surface area (Å²) in [5.41, 5.74) is -0.565. The lowest BCUT2D eigenvalue weighted by Gasteiger charge is -1.96. The van der Waals surface area contributed by atoms with Crippen molar-refractivity contribution in [2.24, 2.45) is 0 Å². The first kappa shape index (κ1) is 15.0. The second-order valence-corrected chi connectivity index (χ2v) is 4.18. The average Bonchev–Trinajstić information content (AvgIpc) is 3.02. The van der Waals surface area contributed by atoms with E-state index in [2.05, 4.69) is 4.42 Å². The van der Waals surface area contributed by atoms with E-state index in [9.17, 15) is 19.2 Å². The first-order chi connectivity index (χ1) is 10.2. The number of furan rings is 2. The van der Waals surface area contributed by atoms with Crippen LogP contribution in [0.1, 0.15) is 49.1 Å². The van der Waals surface area contributed by atoms with Gasteiger partial charge in [0.1, 0.15) is 0 Å². The van der Waals surface area contributed by atoms with E-state index in [0.29, 0.717) is 0 Å². The van der Waals surface area contributed by atoms with Crippen LogP contribution in [0.4, 0.5) is 0 Å². The van der Waals surface area contributed by atoms with E-state index < -0.39 is 41.0 Å². The summed E-state index contributed by atoms with van der Waals surface area (Å²) in [5.74, 6) is -7.69. The number of ketones is 1. The van der Waals surface area contributed by atoms with Crippen LogP contribution in [0.5, 0.6) is 0 Å². The molecule has 3 N–H and O–H groups in total. The lowest BCUT2D eigenvalue weighted by Crippen LogP contribution is -1.99. The largest absolute Gasteiger partial charge is 0.475 e. The van der Waals surface area contributed by atoms with Gasteiger partial charge in [-0.25, -0.2) is 14.4 Å². The summed E-state index contributed by atoms with van der Waals surface area (Å²) < 4.78 is 9.54. The first-order valence-electron chi connectivity index (χ1n) is 5.71. The van der Waals surface area contributed by atoms with E-state index in [0.717, 1.165) is 19.1 Å². The molecule has 2 aromatic heterocycles. The molecule has 22 heavy (non-hydrogen) atoms. The maximum Gasteiger partial charge on any atom is 0.372 e. The van der Waals surface area contributed by atoms with E-state index in [4.69, 9.17) is 19.7 Å². The van der Waals surface area contributed by atoms with Crippen molar-refractivity contribution in [3.63, 3.8) is 0 Å². The normalized spacial score (nSPS) is 10.4. The molecule has 2 rings (SSSR count). The van der Waals surface area contributed by atoms with Crippen molar-refractivity contribution in [1.82, 2.24) is 0 Å². The van der Waals surface area contributed by atoms with Gasteiger partial charge in [-0.15, -0.1) is 0 Å². The van der Waals surface area contributed by atoms with Crippen LogP contribution in [0.25, 0.3) is 11.1 Å². The van der Waals surface area contributed by atoms with E-state index in [1.54, 1.807) is 0 Å². The number of hydrogen-bond acceptors (Lipinski definition) is 6. The average molecular weight is 308 g/mol. The van der Waals surface area contributed by atoms with Crippen molar-refractivity contribution in [2.45, 2.75) is 6.92 Å². The molecule has 9 nitrogen and oxygen atoms in total. The van der Waals surface area contributed by atoms with Crippen LogP contribution in [-0.4, -0.2) is 39.0 Å². The van der Waals surface area contributed by atoms with Crippen LogP contribution in [0.2, 0.25) is 0 Å². The van der Waals surface area contributed by atoms with Crippen molar-refractivity contribution in [1.29, 1.82) is 0 Å². The van der Waals surface area contributed by atoms with Gasteiger partial charge in [-0.1, -0.05) is 0 Å². The maximum atomic E-state index is 11.3. The Morgan fingerprint density at radius 2 is 1.18 bits per heavy atom. The molecule has 0 saturated heterocycles. The topological polar surface area (TPSA) is 155 Å². The second-order valence-electron chi connectivity index (χ2n) is 4.18. The number of carboxylic acids is 3. The van der Waals surface area contributed by atoms with Gasteiger partial charge in [-0.3, -0.25) is 4.79 Å². The Kier molecular flexibility index (Phi) is 3.56. The molecule has 0 saturated carbocycles. The predicted molar refractivity (Wildman–Crippen MR) is 67.3 cm³/mol. The molecule has 0 radical (unpaired) electrons. The minimum absolute atomic E-state index is 0.258. The van der Waals surface area contributed by atoms with Gasteiger partial charge >= 0.3 is 17.9 Å². The summed E-state index contributed by atoms with van der Waals surface area (Å²) in [6, 6.07) is 1.88.